The predicted molar refractivity (Wildman–Crippen MR) is 87.6 cm³/mol. The van der Waals surface area contributed by atoms with E-state index in [2.05, 4.69) is 4.98 Å². The lowest BCUT2D eigenvalue weighted by atomic mass is 9.93. The molecule has 0 atom stereocenters. The first-order chi connectivity index (χ1) is 12.2. The van der Waals surface area contributed by atoms with E-state index in [9.17, 15) is 22.8 Å². The molecule has 1 fully saturated rings. The molecule has 2 heterocycles. The maximum absolute atomic E-state index is 12.6. The van der Waals surface area contributed by atoms with Crippen molar-refractivity contribution in [1.29, 1.82) is 0 Å². The number of carboxylic acid groups (broad SMARTS) is 1. The molecule has 0 aromatic carbocycles. The lowest BCUT2D eigenvalue weighted by Crippen LogP contribution is -2.40. The summed E-state index contributed by atoms with van der Waals surface area (Å²) in [5.41, 5.74) is 4.25. The Morgan fingerprint density at radius 2 is 1.96 bits per heavy atom. The molecule has 0 unspecified atom stereocenters. The van der Waals surface area contributed by atoms with Gasteiger partial charge in [-0.25, -0.2) is 9.78 Å². The second-order valence-corrected chi connectivity index (χ2v) is 6.29. The van der Waals surface area contributed by atoms with Crippen LogP contribution in [0.2, 0.25) is 0 Å². The molecule has 1 saturated heterocycles. The van der Waals surface area contributed by atoms with Crippen LogP contribution in [0.3, 0.4) is 0 Å². The molecule has 0 spiro atoms. The highest BCUT2D eigenvalue weighted by Gasteiger charge is 2.31. The fourth-order valence-electron chi connectivity index (χ4n) is 2.96. The van der Waals surface area contributed by atoms with Gasteiger partial charge < -0.3 is 15.7 Å². The molecular weight excluding hydrogens is 353 g/mol. The van der Waals surface area contributed by atoms with E-state index in [0.717, 1.165) is 30.0 Å². The van der Waals surface area contributed by atoms with Gasteiger partial charge >= 0.3 is 12.3 Å². The van der Waals surface area contributed by atoms with Crippen molar-refractivity contribution in [3.63, 3.8) is 0 Å². The highest BCUT2D eigenvalue weighted by Crippen LogP contribution is 2.30. The van der Waals surface area contributed by atoms with Crippen LogP contribution in [-0.2, 0) is 11.0 Å². The first-order valence-corrected chi connectivity index (χ1v) is 8.21. The van der Waals surface area contributed by atoms with E-state index in [0.29, 0.717) is 25.3 Å². The molecule has 0 radical (unpaired) electrons. The third-order valence-electron chi connectivity index (χ3n) is 4.44. The number of pyridine rings is 1. The summed E-state index contributed by atoms with van der Waals surface area (Å²) in [6, 6.07) is 2.38. The van der Waals surface area contributed by atoms with Crippen LogP contribution in [0.15, 0.2) is 18.3 Å². The molecule has 0 saturated carbocycles. The Labute approximate surface area is 148 Å². The number of hydrogen-bond donors (Lipinski definition) is 2. The molecule has 0 aliphatic carbocycles. The summed E-state index contributed by atoms with van der Waals surface area (Å²) >= 11 is 0. The van der Waals surface area contributed by atoms with Crippen molar-refractivity contribution in [1.82, 2.24) is 9.88 Å². The van der Waals surface area contributed by atoms with Gasteiger partial charge in [-0.3, -0.25) is 9.69 Å². The Bertz CT molecular complexity index is 629. The lowest BCUT2D eigenvalue weighted by molar-refractivity contribution is -0.137. The minimum Gasteiger partial charge on any atom is -0.465 e. The van der Waals surface area contributed by atoms with Gasteiger partial charge in [0, 0.05) is 25.8 Å². The summed E-state index contributed by atoms with van der Waals surface area (Å²) in [4.78, 5) is 28.7. The highest BCUT2D eigenvalue weighted by molar-refractivity contribution is 5.80. The van der Waals surface area contributed by atoms with Crippen LogP contribution >= 0.6 is 0 Å². The smallest absolute Gasteiger partial charge is 0.417 e. The summed E-state index contributed by atoms with van der Waals surface area (Å²) in [7, 11) is 0. The summed E-state index contributed by atoms with van der Waals surface area (Å²) < 4.78 is 37.7. The summed E-state index contributed by atoms with van der Waals surface area (Å²) in [5, 5.41) is 9.04. The normalized spacial score (nSPS) is 15.7. The number of aromatic nitrogens is 1. The van der Waals surface area contributed by atoms with E-state index in [1.165, 1.54) is 6.07 Å². The van der Waals surface area contributed by atoms with Crippen LogP contribution in [-0.4, -0.2) is 53.2 Å². The van der Waals surface area contributed by atoms with Crippen LogP contribution < -0.4 is 10.6 Å². The highest BCUT2D eigenvalue weighted by atomic mass is 19.4. The van der Waals surface area contributed by atoms with Crippen LogP contribution in [0.4, 0.5) is 23.8 Å². The number of nitrogens with zero attached hydrogens (tertiary/aromatic N) is 3. The number of carbonyl (C=O) groups excluding carboxylic acids is 1. The summed E-state index contributed by atoms with van der Waals surface area (Å²) in [5.74, 6) is 0.0726. The zero-order valence-electron chi connectivity index (χ0n) is 14.1. The third-order valence-corrected chi connectivity index (χ3v) is 4.44. The van der Waals surface area contributed by atoms with Gasteiger partial charge in [0.2, 0.25) is 5.91 Å². The van der Waals surface area contributed by atoms with Gasteiger partial charge in [-0.15, -0.1) is 0 Å². The third kappa shape index (κ3) is 5.50. The minimum atomic E-state index is -4.40. The van der Waals surface area contributed by atoms with Gasteiger partial charge in [0.15, 0.2) is 0 Å². The van der Waals surface area contributed by atoms with E-state index in [-0.39, 0.29) is 19.0 Å². The molecule has 1 aliphatic rings. The number of alkyl halides is 3. The average molecular weight is 374 g/mol. The van der Waals surface area contributed by atoms with Gasteiger partial charge in [0.1, 0.15) is 12.4 Å². The Balaban J connectivity index is 1.83. The number of halogens is 3. The molecule has 26 heavy (non-hydrogen) atoms. The summed E-state index contributed by atoms with van der Waals surface area (Å²) in [6.07, 6.45) is -2.61. The minimum absolute atomic E-state index is 0.224. The van der Waals surface area contributed by atoms with E-state index >= 15 is 0 Å². The largest absolute Gasteiger partial charge is 0.465 e. The van der Waals surface area contributed by atoms with Crippen molar-refractivity contribution < 1.29 is 27.9 Å². The molecule has 1 aliphatic heterocycles. The average Bonchev–Trinajstić information content (AvgIpc) is 2.58. The molecule has 3 N–H and O–H groups in total. The number of hydrogen-bond acceptors (Lipinski definition) is 4. The number of nitrogens with two attached hydrogens (primary N) is 1. The van der Waals surface area contributed by atoms with Crippen molar-refractivity contribution in [2.45, 2.75) is 25.4 Å². The maximum atomic E-state index is 12.6. The zero-order chi connectivity index (χ0) is 19.3. The van der Waals surface area contributed by atoms with Crippen LogP contribution in [0.1, 0.15) is 24.8 Å². The second kappa shape index (κ2) is 8.24. The Hall–Kier alpha value is -2.52. The number of anilines is 1. The molecule has 1 aromatic heterocycles. The van der Waals surface area contributed by atoms with Crippen molar-refractivity contribution in [2.75, 3.05) is 31.1 Å². The molecule has 10 heteroatoms. The molecule has 2 rings (SSSR count). The monoisotopic (exact) mass is 374 g/mol. The van der Waals surface area contributed by atoms with Gasteiger partial charge in [-0.1, -0.05) is 0 Å². The van der Waals surface area contributed by atoms with Gasteiger partial charge in [0.05, 0.1) is 5.56 Å². The maximum Gasteiger partial charge on any atom is 0.417 e. The first-order valence-electron chi connectivity index (χ1n) is 8.21. The van der Waals surface area contributed by atoms with Crippen LogP contribution in [0.5, 0.6) is 0 Å². The number of rotatable bonds is 6. The van der Waals surface area contributed by atoms with E-state index in [1.807, 2.05) is 4.90 Å². The van der Waals surface area contributed by atoms with Gasteiger partial charge in [0.25, 0.3) is 0 Å². The van der Waals surface area contributed by atoms with Crippen LogP contribution in [0.25, 0.3) is 0 Å². The van der Waals surface area contributed by atoms with Crippen molar-refractivity contribution in [3.05, 3.63) is 23.9 Å². The molecular formula is C16H21F3N4O3. The molecule has 144 valence electrons. The van der Waals surface area contributed by atoms with Crippen molar-refractivity contribution in [2.24, 2.45) is 11.7 Å². The molecule has 1 aromatic rings. The van der Waals surface area contributed by atoms with E-state index < -0.39 is 23.7 Å². The Morgan fingerprint density at radius 1 is 1.31 bits per heavy atom. The van der Waals surface area contributed by atoms with Gasteiger partial charge in [-0.2, -0.15) is 13.2 Å². The second-order valence-electron chi connectivity index (χ2n) is 6.29. The summed E-state index contributed by atoms with van der Waals surface area (Å²) in [6.45, 7) is 1.16. The Kier molecular flexibility index (Phi) is 6.27. The van der Waals surface area contributed by atoms with E-state index in [1.54, 1.807) is 0 Å². The zero-order valence-corrected chi connectivity index (χ0v) is 14.1. The SMILES string of the molecule is NC(=O)CN(CCC1CCN(c2ccc(C(F)(F)F)cn2)CC1)C(=O)O. The molecule has 0 bridgehead atoms. The molecule has 2 amide bonds. The fraction of sp³-hybridized carbons (Fsp3) is 0.562. The fourth-order valence-corrected chi connectivity index (χ4v) is 2.96. The standard InChI is InChI=1S/C16H21F3N4O3/c17-16(18,19)12-1-2-14(21-9-12)22-6-3-11(4-7-22)5-8-23(15(25)26)10-13(20)24/h1-2,9,11H,3-8,10H2,(H2,20,24)(H,25,26). The van der Waals surface area contributed by atoms with Gasteiger partial charge in [-0.05, 0) is 37.3 Å². The topological polar surface area (TPSA) is 99.8 Å². The lowest BCUT2D eigenvalue weighted by Gasteiger charge is -2.33. The van der Waals surface area contributed by atoms with E-state index in [4.69, 9.17) is 10.8 Å². The number of piperidine rings is 1. The molecule has 7 nitrogen and oxygen atoms in total. The Morgan fingerprint density at radius 3 is 2.42 bits per heavy atom. The van der Waals surface area contributed by atoms with Crippen molar-refractivity contribution in [3.8, 4) is 0 Å². The van der Waals surface area contributed by atoms with Crippen LogP contribution in [0, 0.1) is 5.92 Å². The van der Waals surface area contributed by atoms with Crippen molar-refractivity contribution >= 4 is 17.8 Å². The predicted octanol–water partition coefficient (Wildman–Crippen LogP) is 2.17. The number of primary amides is 1. The number of amides is 2. The number of carbonyl (C=O) groups is 2. The first kappa shape index (κ1) is 19.8. The quantitative estimate of drug-likeness (QED) is 0.795.